The Labute approximate surface area is 94.0 Å². The monoisotopic (exact) mass is 214 g/mol. The van der Waals surface area contributed by atoms with Gasteiger partial charge in [0.05, 0.1) is 0 Å². The number of amides is 1. The van der Waals surface area contributed by atoms with Gasteiger partial charge in [0.15, 0.2) is 0 Å². The van der Waals surface area contributed by atoms with Crippen LogP contribution in [-0.4, -0.2) is 29.4 Å². The van der Waals surface area contributed by atoms with E-state index in [9.17, 15) is 4.79 Å². The Kier molecular flexibility index (Phi) is 6.57. The van der Waals surface area contributed by atoms with Crippen molar-refractivity contribution in [3.63, 3.8) is 0 Å². The highest BCUT2D eigenvalue weighted by Crippen LogP contribution is 2.09. The minimum absolute atomic E-state index is 0.0180. The number of hydrogen-bond donors (Lipinski definition) is 1. The first-order valence-corrected chi connectivity index (χ1v) is 5.99. The van der Waals surface area contributed by atoms with Crippen LogP contribution < -0.4 is 5.73 Å². The van der Waals surface area contributed by atoms with Gasteiger partial charge in [0.1, 0.15) is 0 Å². The van der Waals surface area contributed by atoms with Gasteiger partial charge in [0.2, 0.25) is 5.91 Å². The molecule has 0 aromatic carbocycles. The largest absolute Gasteiger partial charge is 0.340 e. The van der Waals surface area contributed by atoms with E-state index in [0.29, 0.717) is 18.4 Å². The average molecular weight is 214 g/mol. The third kappa shape index (κ3) is 4.65. The van der Waals surface area contributed by atoms with Crippen LogP contribution in [0.2, 0.25) is 0 Å². The first kappa shape index (κ1) is 14.4. The van der Waals surface area contributed by atoms with Crippen LogP contribution in [-0.2, 0) is 4.79 Å². The van der Waals surface area contributed by atoms with Gasteiger partial charge in [-0.1, -0.05) is 20.8 Å². The summed E-state index contributed by atoms with van der Waals surface area (Å²) < 4.78 is 0. The molecule has 2 unspecified atom stereocenters. The molecule has 2 N–H and O–H groups in total. The Bertz CT molecular complexity index is 192. The third-order valence-electron chi connectivity index (χ3n) is 3.05. The fourth-order valence-electron chi connectivity index (χ4n) is 1.51. The van der Waals surface area contributed by atoms with Crippen LogP contribution in [0.25, 0.3) is 0 Å². The molecule has 3 heteroatoms. The first-order valence-electron chi connectivity index (χ1n) is 5.99. The molecule has 0 aromatic heterocycles. The Balaban J connectivity index is 4.27. The number of hydrogen-bond acceptors (Lipinski definition) is 2. The van der Waals surface area contributed by atoms with E-state index < -0.39 is 0 Å². The second-order valence-electron chi connectivity index (χ2n) is 4.55. The Morgan fingerprint density at radius 1 is 1.27 bits per heavy atom. The lowest BCUT2D eigenvalue weighted by molar-refractivity contribution is -0.133. The zero-order valence-corrected chi connectivity index (χ0v) is 10.8. The molecule has 0 bridgehead atoms. The highest BCUT2D eigenvalue weighted by Gasteiger charge is 2.20. The number of rotatable bonds is 6. The standard InChI is InChI=1S/C12H26N2O/c1-6-10(5)14(7-2)12(15)8-11(13)9(3)4/h9-11H,6-8,13H2,1-5H3. The molecule has 0 saturated carbocycles. The van der Waals surface area contributed by atoms with Gasteiger partial charge in [-0.2, -0.15) is 0 Å². The summed E-state index contributed by atoms with van der Waals surface area (Å²) in [6.07, 6.45) is 1.46. The molecule has 90 valence electrons. The molecule has 2 atom stereocenters. The maximum absolute atomic E-state index is 11.9. The minimum Gasteiger partial charge on any atom is -0.340 e. The molecule has 0 aliphatic heterocycles. The van der Waals surface area contributed by atoms with E-state index in [1.807, 2.05) is 11.8 Å². The highest BCUT2D eigenvalue weighted by molar-refractivity contribution is 5.77. The van der Waals surface area contributed by atoms with Gasteiger partial charge in [0, 0.05) is 25.0 Å². The summed E-state index contributed by atoms with van der Waals surface area (Å²) in [5.74, 6) is 0.553. The Morgan fingerprint density at radius 3 is 2.13 bits per heavy atom. The van der Waals surface area contributed by atoms with Crippen LogP contribution in [0.4, 0.5) is 0 Å². The van der Waals surface area contributed by atoms with E-state index in [-0.39, 0.29) is 11.9 Å². The highest BCUT2D eigenvalue weighted by atomic mass is 16.2. The molecule has 0 aromatic rings. The van der Waals surface area contributed by atoms with E-state index in [1.54, 1.807) is 0 Å². The summed E-state index contributed by atoms with van der Waals surface area (Å²) in [6, 6.07) is 0.303. The number of nitrogens with zero attached hydrogens (tertiary/aromatic N) is 1. The molecule has 0 saturated heterocycles. The summed E-state index contributed by atoms with van der Waals surface area (Å²) in [6.45, 7) is 11.1. The van der Waals surface area contributed by atoms with Crippen molar-refractivity contribution >= 4 is 5.91 Å². The number of carbonyl (C=O) groups is 1. The van der Waals surface area contributed by atoms with Crippen molar-refractivity contribution in [3.8, 4) is 0 Å². The molecule has 0 radical (unpaired) electrons. The van der Waals surface area contributed by atoms with E-state index in [2.05, 4.69) is 27.7 Å². The molecule has 15 heavy (non-hydrogen) atoms. The van der Waals surface area contributed by atoms with Crippen LogP contribution in [0.15, 0.2) is 0 Å². The Hall–Kier alpha value is -0.570. The fraction of sp³-hybridized carbons (Fsp3) is 0.917. The van der Waals surface area contributed by atoms with Crippen LogP contribution in [0.3, 0.4) is 0 Å². The predicted octanol–water partition coefficient (Wildman–Crippen LogP) is 2.01. The summed E-state index contributed by atoms with van der Waals surface area (Å²) in [4.78, 5) is 13.9. The normalized spacial score (nSPS) is 15.1. The van der Waals surface area contributed by atoms with Gasteiger partial charge in [-0.3, -0.25) is 4.79 Å². The molecule has 0 aliphatic carbocycles. The summed E-state index contributed by atoms with van der Waals surface area (Å²) in [5, 5.41) is 0. The van der Waals surface area contributed by atoms with Crippen molar-refractivity contribution in [2.45, 2.75) is 59.5 Å². The first-order chi connectivity index (χ1) is 6.93. The molecule has 1 amide bonds. The van der Waals surface area contributed by atoms with E-state index >= 15 is 0 Å². The third-order valence-corrected chi connectivity index (χ3v) is 3.05. The van der Waals surface area contributed by atoms with Crippen molar-refractivity contribution in [2.24, 2.45) is 11.7 Å². The average Bonchev–Trinajstić information content (AvgIpc) is 2.18. The number of carbonyl (C=O) groups excluding carboxylic acids is 1. The predicted molar refractivity (Wildman–Crippen MR) is 64.6 cm³/mol. The van der Waals surface area contributed by atoms with E-state index in [1.165, 1.54) is 0 Å². The zero-order chi connectivity index (χ0) is 12.0. The molecule has 3 nitrogen and oxygen atoms in total. The van der Waals surface area contributed by atoms with Gasteiger partial charge in [0.25, 0.3) is 0 Å². The Morgan fingerprint density at radius 2 is 1.80 bits per heavy atom. The molecule has 0 fully saturated rings. The summed E-state index contributed by atoms with van der Waals surface area (Å²) in [5.41, 5.74) is 5.90. The molecule has 0 spiro atoms. The van der Waals surface area contributed by atoms with Gasteiger partial charge < -0.3 is 10.6 Å². The van der Waals surface area contributed by atoms with Crippen LogP contribution >= 0.6 is 0 Å². The lowest BCUT2D eigenvalue weighted by atomic mass is 10.0. The topological polar surface area (TPSA) is 46.3 Å². The molecular formula is C12H26N2O. The number of nitrogens with two attached hydrogens (primary N) is 1. The fourth-order valence-corrected chi connectivity index (χ4v) is 1.51. The molecule has 0 heterocycles. The van der Waals surface area contributed by atoms with Gasteiger partial charge in [-0.15, -0.1) is 0 Å². The van der Waals surface area contributed by atoms with Crippen molar-refractivity contribution in [1.82, 2.24) is 4.90 Å². The SMILES string of the molecule is CCC(C)N(CC)C(=O)CC(N)C(C)C. The zero-order valence-electron chi connectivity index (χ0n) is 10.8. The summed E-state index contributed by atoms with van der Waals surface area (Å²) >= 11 is 0. The molecule has 0 aliphatic rings. The minimum atomic E-state index is -0.0180. The van der Waals surface area contributed by atoms with Crippen LogP contribution in [0.5, 0.6) is 0 Å². The van der Waals surface area contributed by atoms with Crippen molar-refractivity contribution < 1.29 is 4.79 Å². The quantitative estimate of drug-likeness (QED) is 0.735. The second kappa shape index (κ2) is 6.83. The van der Waals surface area contributed by atoms with Crippen molar-refractivity contribution in [2.75, 3.05) is 6.54 Å². The second-order valence-corrected chi connectivity index (χ2v) is 4.55. The van der Waals surface area contributed by atoms with Crippen LogP contribution in [0, 0.1) is 5.92 Å². The van der Waals surface area contributed by atoms with Crippen molar-refractivity contribution in [3.05, 3.63) is 0 Å². The smallest absolute Gasteiger partial charge is 0.224 e. The van der Waals surface area contributed by atoms with E-state index in [4.69, 9.17) is 5.73 Å². The molecular weight excluding hydrogens is 188 g/mol. The maximum atomic E-state index is 11.9. The van der Waals surface area contributed by atoms with E-state index in [0.717, 1.165) is 13.0 Å². The van der Waals surface area contributed by atoms with Gasteiger partial charge in [-0.05, 0) is 26.2 Å². The molecule has 0 rings (SSSR count). The van der Waals surface area contributed by atoms with Gasteiger partial charge in [-0.25, -0.2) is 0 Å². The van der Waals surface area contributed by atoms with Crippen molar-refractivity contribution in [1.29, 1.82) is 0 Å². The maximum Gasteiger partial charge on any atom is 0.224 e. The lowest BCUT2D eigenvalue weighted by Crippen LogP contribution is -2.42. The summed E-state index contributed by atoms with van der Waals surface area (Å²) in [7, 11) is 0. The van der Waals surface area contributed by atoms with Crippen LogP contribution in [0.1, 0.15) is 47.5 Å². The van der Waals surface area contributed by atoms with Gasteiger partial charge >= 0.3 is 0 Å². The lowest BCUT2D eigenvalue weighted by Gasteiger charge is -2.29.